The molecule has 104 valence electrons. The standard InChI is InChI=1S/C13H24ClN3O/c1-8(2)13(18-6)10(15-4)7-11-12(14)9(3)16-17(11)5/h8,10,13,15H,7H2,1-6H3. The van der Waals surface area contributed by atoms with Crippen LogP contribution in [-0.4, -0.2) is 36.1 Å². The van der Waals surface area contributed by atoms with Gasteiger partial charge in [0.15, 0.2) is 0 Å². The summed E-state index contributed by atoms with van der Waals surface area (Å²) in [5.41, 5.74) is 1.93. The monoisotopic (exact) mass is 273 g/mol. The summed E-state index contributed by atoms with van der Waals surface area (Å²) in [4.78, 5) is 0. The van der Waals surface area contributed by atoms with E-state index in [1.807, 2.05) is 25.7 Å². The second kappa shape index (κ2) is 6.55. The van der Waals surface area contributed by atoms with Gasteiger partial charge in [-0.3, -0.25) is 4.68 Å². The molecule has 2 unspecified atom stereocenters. The first-order valence-corrected chi connectivity index (χ1v) is 6.68. The number of aromatic nitrogens is 2. The van der Waals surface area contributed by atoms with Crippen LogP contribution in [0.15, 0.2) is 0 Å². The molecule has 0 aromatic carbocycles. The first kappa shape index (κ1) is 15.5. The number of ether oxygens (including phenoxy) is 1. The highest BCUT2D eigenvalue weighted by Gasteiger charge is 2.25. The molecule has 0 aliphatic heterocycles. The number of aryl methyl sites for hydroxylation is 2. The molecule has 0 saturated heterocycles. The van der Waals surface area contributed by atoms with Crippen molar-refractivity contribution in [1.82, 2.24) is 15.1 Å². The van der Waals surface area contributed by atoms with E-state index in [0.29, 0.717) is 5.92 Å². The van der Waals surface area contributed by atoms with Crippen LogP contribution in [0.3, 0.4) is 0 Å². The third-order valence-corrected chi connectivity index (χ3v) is 3.86. The SMILES string of the molecule is CNC(Cc1c(Cl)c(C)nn1C)C(OC)C(C)C. The summed E-state index contributed by atoms with van der Waals surface area (Å²) >= 11 is 6.29. The van der Waals surface area contributed by atoms with Gasteiger partial charge in [0, 0.05) is 26.6 Å². The second-order valence-electron chi connectivity index (χ2n) is 5.01. The zero-order chi connectivity index (χ0) is 13.9. The maximum Gasteiger partial charge on any atom is 0.0847 e. The molecule has 0 amide bonds. The smallest absolute Gasteiger partial charge is 0.0847 e. The summed E-state index contributed by atoms with van der Waals surface area (Å²) in [5, 5.41) is 8.43. The van der Waals surface area contributed by atoms with E-state index in [-0.39, 0.29) is 12.1 Å². The number of hydrogen-bond acceptors (Lipinski definition) is 3. The molecular formula is C13H24ClN3O. The first-order valence-electron chi connectivity index (χ1n) is 6.30. The van der Waals surface area contributed by atoms with Gasteiger partial charge in [-0.1, -0.05) is 25.4 Å². The summed E-state index contributed by atoms with van der Waals surface area (Å²) in [7, 11) is 5.64. The summed E-state index contributed by atoms with van der Waals surface area (Å²) < 4.78 is 7.44. The minimum Gasteiger partial charge on any atom is -0.380 e. The maximum atomic E-state index is 6.29. The summed E-state index contributed by atoms with van der Waals surface area (Å²) in [6, 6.07) is 0.224. The Balaban J connectivity index is 2.92. The highest BCUT2D eigenvalue weighted by atomic mass is 35.5. The first-order chi connectivity index (χ1) is 8.42. The van der Waals surface area contributed by atoms with Gasteiger partial charge >= 0.3 is 0 Å². The van der Waals surface area contributed by atoms with Gasteiger partial charge in [-0.15, -0.1) is 0 Å². The van der Waals surface area contributed by atoms with Gasteiger partial charge < -0.3 is 10.1 Å². The van der Waals surface area contributed by atoms with Crippen LogP contribution in [0.5, 0.6) is 0 Å². The normalized spacial score (nSPS) is 15.1. The van der Waals surface area contributed by atoms with Gasteiger partial charge in [0.1, 0.15) is 0 Å². The van der Waals surface area contributed by atoms with Gasteiger partial charge in [-0.2, -0.15) is 5.10 Å². The fraction of sp³-hybridized carbons (Fsp3) is 0.769. The van der Waals surface area contributed by atoms with E-state index in [2.05, 4.69) is 24.3 Å². The zero-order valence-corrected chi connectivity index (χ0v) is 12.9. The van der Waals surface area contributed by atoms with Crippen molar-refractivity contribution in [3.8, 4) is 0 Å². The minimum atomic E-state index is 0.154. The fourth-order valence-electron chi connectivity index (χ4n) is 2.39. The van der Waals surface area contributed by atoms with Crippen molar-refractivity contribution < 1.29 is 4.74 Å². The Bertz CT molecular complexity index is 390. The number of rotatable bonds is 6. The lowest BCUT2D eigenvalue weighted by Gasteiger charge is -2.28. The lowest BCUT2D eigenvalue weighted by Crippen LogP contribution is -2.44. The van der Waals surface area contributed by atoms with Crippen LogP contribution in [0.1, 0.15) is 25.2 Å². The number of nitrogens with zero attached hydrogens (tertiary/aromatic N) is 2. The van der Waals surface area contributed by atoms with Crippen molar-refractivity contribution in [2.45, 2.75) is 39.3 Å². The molecular weight excluding hydrogens is 250 g/mol. The van der Waals surface area contributed by atoms with Crippen LogP contribution in [0.25, 0.3) is 0 Å². The second-order valence-corrected chi connectivity index (χ2v) is 5.39. The number of nitrogens with one attached hydrogen (secondary N) is 1. The van der Waals surface area contributed by atoms with E-state index < -0.39 is 0 Å². The number of likely N-dealkylation sites (N-methyl/N-ethyl adjacent to an activating group) is 1. The van der Waals surface area contributed by atoms with Crippen molar-refractivity contribution in [2.75, 3.05) is 14.2 Å². The Labute approximate surface area is 115 Å². The molecule has 0 radical (unpaired) electrons. The molecule has 18 heavy (non-hydrogen) atoms. The summed E-state index contributed by atoms with van der Waals surface area (Å²) in [6.45, 7) is 6.25. The molecule has 1 aromatic rings. The van der Waals surface area contributed by atoms with Crippen molar-refractivity contribution >= 4 is 11.6 Å². The Morgan fingerprint density at radius 2 is 2.06 bits per heavy atom. The largest absolute Gasteiger partial charge is 0.380 e. The topological polar surface area (TPSA) is 39.1 Å². The molecule has 0 saturated carbocycles. The molecule has 0 aliphatic rings. The van der Waals surface area contributed by atoms with Crippen LogP contribution in [-0.2, 0) is 18.2 Å². The van der Waals surface area contributed by atoms with E-state index in [4.69, 9.17) is 16.3 Å². The third kappa shape index (κ3) is 3.25. The van der Waals surface area contributed by atoms with E-state index >= 15 is 0 Å². The molecule has 0 aliphatic carbocycles. The van der Waals surface area contributed by atoms with Crippen molar-refractivity contribution in [3.63, 3.8) is 0 Å². The molecule has 5 heteroatoms. The van der Waals surface area contributed by atoms with Crippen LogP contribution in [0.2, 0.25) is 5.02 Å². The summed E-state index contributed by atoms with van der Waals surface area (Å²) in [5.74, 6) is 0.445. The minimum absolute atomic E-state index is 0.154. The van der Waals surface area contributed by atoms with E-state index in [1.165, 1.54) is 0 Å². The lowest BCUT2D eigenvalue weighted by molar-refractivity contribution is 0.0349. The molecule has 2 atom stereocenters. The van der Waals surface area contributed by atoms with Crippen LogP contribution in [0, 0.1) is 12.8 Å². The predicted octanol–water partition coefficient (Wildman–Crippen LogP) is 2.18. The third-order valence-electron chi connectivity index (χ3n) is 3.37. The quantitative estimate of drug-likeness (QED) is 0.864. The molecule has 1 rings (SSSR count). The van der Waals surface area contributed by atoms with E-state index in [0.717, 1.165) is 22.8 Å². The molecule has 4 nitrogen and oxygen atoms in total. The van der Waals surface area contributed by atoms with E-state index in [9.17, 15) is 0 Å². The molecule has 0 spiro atoms. The lowest BCUT2D eigenvalue weighted by atomic mass is 9.95. The zero-order valence-electron chi connectivity index (χ0n) is 12.1. The Hall–Kier alpha value is -0.580. The predicted molar refractivity (Wildman–Crippen MR) is 75.1 cm³/mol. The summed E-state index contributed by atoms with van der Waals surface area (Å²) in [6.07, 6.45) is 0.963. The van der Waals surface area contributed by atoms with Crippen LogP contribution < -0.4 is 5.32 Å². The Morgan fingerprint density at radius 3 is 2.39 bits per heavy atom. The van der Waals surface area contributed by atoms with Gasteiger partial charge in [-0.25, -0.2) is 0 Å². The molecule has 1 heterocycles. The number of halogens is 1. The van der Waals surface area contributed by atoms with Crippen LogP contribution in [0.4, 0.5) is 0 Å². The molecule has 0 bridgehead atoms. The van der Waals surface area contributed by atoms with Crippen molar-refractivity contribution in [3.05, 3.63) is 16.4 Å². The Kier molecular flexibility index (Phi) is 5.63. The molecule has 0 fully saturated rings. The van der Waals surface area contributed by atoms with Gasteiger partial charge in [-0.05, 0) is 19.9 Å². The van der Waals surface area contributed by atoms with E-state index in [1.54, 1.807) is 7.11 Å². The Morgan fingerprint density at radius 1 is 1.44 bits per heavy atom. The van der Waals surface area contributed by atoms with Crippen LogP contribution >= 0.6 is 11.6 Å². The van der Waals surface area contributed by atoms with Gasteiger partial charge in [0.2, 0.25) is 0 Å². The fourth-order valence-corrected chi connectivity index (χ4v) is 2.63. The average Bonchev–Trinajstić information content (AvgIpc) is 2.54. The van der Waals surface area contributed by atoms with Gasteiger partial charge in [0.05, 0.1) is 22.5 Å². The number of methoxy groups -OCH3 is 1. The maximum absolute atomic E-state index is 6.29. The average molecular weight is 274 g/mol. The van der Waals surface area contributed by atoms with Crippen molar-refractivity contribution in [2.24, 2.45) is 13.0 Å². The molecule has 1 N–H and O–H groups in total. The van der Waals surface area contributed by atoms with Gasteiger partial charge in [0.25, 0.3) is 0 Å². The van der Waals surface area contributed by atoms with Crippen molar-refractivity contribution in [1.29, 1.82) is 0 Å². The number of hydrogen-bond donors (Lipinski definition) is 1. The molecule has 1 aromatic heterocycles. The highest BCUT2D eigenvalue weighted by molar-refractivity contribution is 6.31. The highest BCUT2D eigenvalue weighted by Crippen LogP contribution is 2.23.